The first-order valence-corrected chi connectivity index (χ1v) is 6.34. The van der Waals surface area contributed by atoms with Crippen LogP contribution in [-0.4, -0.2) is 47.9 Å². The quantitative estimate of drug-likeness (QED) is 0.245. The summed E-state index contributed by atoms with van der Waals surface area (Å²) in [5.41, 5.74) is 0.433. The molecule has 0 heterocycles. The maximum atomic E-state index is 10.2. The van der Waals surface area contributed by atoms with E-state index in [9.17, 15) is 4.79 Å². The van der Waals surface area contributed by atoms with Gasteiger partial charge >= 0.3 is 16.9 Å². The minimum absolute atomic E-state index is 0. The van der Waals surface area contributed by atoms with E-state index >= 15 is 0 Å². The van der Waals surface area contributed by atoms with Gasteiger partial charge in [-0.3, -0.25) is 0 Å². The topological polar surface area (TPSA) is 187 Å². The van der Waals surface area contributed by atoms with Gasteiger partial charge in [-0.15, -0.1) is 0 Å². The summed E-state index contributed by atoms with van der Waals surface area (Å²) in [5, 5.41) is 36.6. The van der Waals surface area contributed by atoms with Gasteiger partial charge in [-0.2, -0.15) is 0 Å². The third-order valence-electron chi connectivity index (χ3n) is 1.20. The van der Waals surface area contributed by atoms with Gasteiger partial charge in [-0.25, -0.2) is 4.79 Å². The average Bonchev–Trinajstić information content (AvgIpc) is 2.62. The van der Waals surface area contributed by atoms with Crippen molar-refractivity contribution < 1.29 is 49.1 Å². The van der Waals surface area contributed by atoms with Gasteiger partial charge in [0, 0.05) is 5.57 Å². The standard InChI is InChI=1S/C5H8O2.4C3H4O2.Si/c1-4(2)5(6)7-3;4*1-2-3(4)5;/h1H2,2-3H3;4*2H,1H2,(H,4,5);/q;;;;;+4/p-4. The van der Waals surface area contributed by atoms with Crippen molar-refractivity contribution in [1.82, 2.24) is 0 Å². The smallest absolute Gasteiger partial charge is 0.545 e. The first-order valence-electron chi connectivity index (χ1n) is 6.34. The van der Waals surface area contributed by atoms with Crippen LogP contribution in [0.3, 0.4) is 0 Å². The first kappa shape index (κ1) is 39.4. The Morgan fingerprint density at radius 3 is 0.821 bits per heavy atom. The van der Waals surface area contributed by atoms with Gasteiger partial charge in [0.1, 0.15) is 0 Å². The number of ether oxygens (including phenoxy) is 1. The van der Waals surface area contributed by atoms with Crippen LogP contribution in [0.5, 0.6) is 0 Å². The molecule has 0 aliphatic rings. The van der Waals surface area contributed by atoms with Crippen LogP contribution in [0, 0.1) is 0 Å². The van der Waals surface area contributed by atoms with Crippen LogP contribution in [0.25, 0.3) is 0 Å². The van der Waals surface area contributed by atoms with E-state index in [4.69, 9.17) is 39.6 Å². The van der Waals surface area contributed by atoms with Crippen molar-refractivity contribution >= 4 is 40.8 Å². The van der Waals surface area contributed by atoms with Gasteiger partial charge in [-0.1, -0.05) is 32.9 Å². The molecule has 0 aromatic heterocycles. The summed E-state index contributed by atoms with van der Waals surface area (Å²) in [6, 6.07) is 0. The molecule has 0 saturated heterocycles. The molecule has 0 amide bonds. The summed E-state index contributed by atoms with van der Waals surface area (Å²) in [5.74, 6) is -5.27. The van der Waals surface area contributed by atoms with Crippen LogP contribution < -0.4 is 20.4 Å². The molecule has 0 bridgehead atoms. The Kier molecular flexibility index (Phi) is 43.7. The number of aliphatic carboxylic acids is 4. The van der Waals surface area contributed by atoms with E-state index in [1.807, 2.05) is 0 Å². The molecular weight excluding hydrogens is 392 g/mol. The van der Waals surface area contributed by atoms with Gasteiger partial charge in [0.2, 0.25) is 0 Å². The SMILES string of the molecule is C=C(C)C(=O)OC.C=CC(=O)[O-].C=CC(=O)[O-].C=CC(=O)[O-].C=CC(=O)[O-].[Si+4]. The Morgan fingerprint density at radius 1 is 0.679 bits per heavy atom. The summed E-state index contributed by atoms with van der Waals surface area (Å²) in [6.45, 7) is 16.5. The van der Waals surface area contributed by atoms with Crippen LogP contribution in [-0.2, 0) is 28.7 Å². The van der Waals surface area contributed by atoms with Crippen LogP contribution >= 0.6 is 0 Å². The minimum atomic E-state index is -1.23. The second kappa shape index (κ2) is 31.1. The number of hydrogen-bond acceptors (Lipinski definition) is 10. The van der Waals surface area contributed by atoms with E-state index in [0.717, 1.165) is 24.3 Å². The van der Waals surface area contributed by atoms with Gasteiger partial charge in [0.15, 0.2) is 0 Å². The molecule has 0 aliphatic heterocycles. The zero-order valence-corrected chi connectivity index (χ0v) is 16.4. The molecule has 0 rings (SSSR count). The number of carboxylic acid groups (broad SMARTS) is 4. The third kappa shape index (κ3) is 95.5. The van der Waals surface area contributed by atoms with Crippen LogP contribution in [0.2, 0.25) is 0 Å². The normalized spacial score (nSPS) is 6.50. The summed E-state index contributed by atoms with van der Waals surface area (Å²) < 4.78 is 4.27. The fourth-order valence-electron chi connectivity index (χ4n) is 0.174. The largest absolute Gasteiger partial charge is 4.00 e. The van der Waals surface area contributed by atoms with Crippen LogP contribution in [0.1, 0.15) is 6.92 Å². The summed E-state index contributed by atoms with van der Waals surface area (Å²) >= 11 is 0. The molecule has 0 aliphatic carbocycles. The van der Waals surface area contributed by atoms with Gasteiger partial charge in [0.25, 0.3) is 0 Å². The third-order valence-corrected chi connectivity index (χ3v) is 1.20. The number of methoxy groups -OCH3 is 1. The fourth-order valence-corrected chi connectivity index (χ4v) is 0.174. The summed E-state index contributed by atoms with van der Waals surface area (Å²) in [7, 11) is 1.33. The Hall–Kier alpha value is -3.73. The van der Waals surface area contributed by atoms with Gasteiger partial charge < -0.3 is 44.3 Å². The summed E-state index contributed by atoms with van der Waals surface area (Å²) in [4.78, 5) is 46.7. The Labute approximate surface area is 167 Å². The second-order valence-electron chi connectivity index (χ2n) is 3.36. The van der Waals surface area contributed by atoms with E-state index in [2.05, 4.69) is 37.6 Å². The van der Waals surface area contributed by atoms with Crippen LogP contribution in [0.4, 0.5) is 0 Å². The number of carbonyl (C=O) groups is 5. The minimum Gasteiger partial charge on any atom is -0.545 e. The van der Waals surface area contributed by atoms with Crippen molar-refractivity contribution in [2.75, 3.05) is 7.11 Å². The molecule has 0 saturated carbocycles. The van der Waals surface area contributed by atoms with Crippen LogP contribution in [0.15, 0.2) is 62.8 Å². The molecule has 0 spiro atoms. The average molecular weight is 412 g/mol. The zero-order valence-electron chi connectivity index (χ0n) is 15.4. The fraction of sp³-hybridized carbons (Fsp3) is 0.118. The van der Waals surface area contributed by atoms with Gasteiger partial charge in [0.05, 0.1) is 31.0 Å². The molecule has 0 unspecified atom stereocenters. The summed E-state index contributed by atoms with van der Waals surface area (Å²) in [6.07, 6.45) is 2.89. The second-order valence-corrected chi connectivity index (χ2v) is 3.36. The maximum absolute atomic E-state index is 10.2. The molecule has 0 fully saturated rings. The number of hydrogen-bond donors (Lipinski definition) is 0. The van der Waals surface area contributed by atoms with Crippen molar-refractivity contribution in [2.45, 2.75) is 6.92 Å². The number of esters is 1. The molecule has 0 N–H and O–H groups in total. The predicted octanol–water partition coefficient (Wildman–Crippen LogP) is -3.96. The van der Waals surface area contributed by atoms with E-state index < -0.39 is 23.9 Å². The monoisotopic (exact) mass is 412 g/mol. The number of carboxylic acids is 4. The van der Waals surface area contributed by atoms with E-state index in [-0.39, 0.29) is 16.9 Å². The molecule has 152 valence electrons. The predicted molar refractivity (Wildman–Crippen MR) is 93.4 cm³/mol. The molecule has 10 nitrogen and oxygen atoms in total. The van der Waals surface area contributed by atoms with Crippen molar-refractivity contribution in [3.05, 3.63) is 62.8 Å². The van der Waals surface area contributed by atoms with Gasteiger partial charge in [-0.05, 0) is 31.2 Å². The maximum Gasteiger partial charge on any atom is 4.00 e. The van der Waals surface area contributed by atoms with E-state index in [1.54, 1.807) is 6.92 Å². The molecule has 28 heavy (non-hydrogen) atoms. The zero-order chi connectivity index (χ0) is 23.0. The molecule has 0 atom stereocenters. The Morgan fingerprint density at radius 2 is 0.821 bits per heavy atom. The van der Waals surface area contributed by atoms with E-state index in [1.165, 1.54) is 7.11 Å². The van der Waals surface area contributed by atoms with Crippen molar-refractivity contribution in [2.24, 2.45) is 0 Å². The molecule has 0 radical (unpaired) electrons. The Bertz CT molecular complexity index is 478. The Balaban J connectivity index is -0.0000000540. The van der Waals surface area contributed by atoms with Crippen molar-refractivity contribution in [3.63, 3.8) is 0 Å². The van der Waals surface area contributed by atoms with E-state index in [0.29, 0.717) is 5.57 Å². The number of rotatable bonds is 5. The molecule has 0 aromatic carbocycles. The van der Waals surface area contributed by atoms with Crippen molar-refractivity contribution in [3.8, 4) is 0 Å². The van der Waals surface area contributed by atoms with Crippen molar-refractivity contribution in [1.29, 1.82) is 0 Å². The first-order chi connectivity index (χ1) is 12.3. The molecular formula is C17H20O10Si. The molecule has 0 aromatic rings. The number of carbonyl (C=O) groups excluding carboxylic acids is 5. The molecule has 11 heteroatoms.